The van der Waals surface area contributed by atoms with Gasteiger partial charge in [0.1, 0.15) is 18.5 Å². The summed E-state index contributed by atoms with van der Waals surface area (Å²) in [6.07, 6.45) is 2.55. The number of benzene rings is 3. The van der Waals surface area contributed by atoms with Crippen LogP contribution in [0.1, 0.15) is 36.1 Å². The van der Waals surface area contributed by atoms with Crippen molar-refractivity contribution < 1.29 is 14.3 Å². The van der Waals surface area contributed by atoms with E-state index in [1.165, 1.54) is 16.5 Å². The van der Waals surface area contributed by atoms with E-state index < -0.39 is 6.09 Å². The minimum atomic E-state index is -0.395. The number of nitrogens with zero attached hydrogens (tertiary/aromatic N) is 7. The molecule has 0 radical (unpaired) electrons. The summed E-state index contributed by atoms with van der Waals surface area (Å²) in [5.74, 6) is 0.853. The Morgan fingerprint density at radius 1 is 0.957 bits per heavy atom. The van der Waals surface area contributed by atoms with Gasteiger partial charge in [-0.15, -0.1) is 0 Å². The molecule has 0 N–H and O–H groups in total. The van der Waals surface area contributed by atoms with Crippen LogP contribution in [0.5, 0.6) is 6.01 Å². The lowest BCUT2D eigenvalue weighted by Gasteiger charge is -2.42. The van der Waals surface area contributed by atoms with Gasteiger partial charge in [0.15, 0.2) is 0 Å². The smallest absolute Gasteiger partial charge is 0.410 e. The first kappa shape index (κ1) is 30.8. The molecule has 2 aliphatic heterocycles. The van der Waals surface area contributed by atoms with Crippen LogP contribution < -0.4 is 14.5 Å². The van der Waals surface area contributed by atoms with Gasteiger partial charge in [0, 0.05) is 61.7 Å². The zero-order valence-corrected chi connectivity index (χ0v) is 27.1. The van der Waals surface area contributed by atoms with Crippen LogP contribution in [0, 0.1) is 11.3 Å². The molecule has 1 aromatic heterocycles. The number of anilines is 2. The van der Waals surface area contributed by atoms with E-state index in [2.05, 4.69) is 77.3 Å². The number of hydrogen-bond donors (Lipinski definition) is 0. The first-order chi connectivity index (χ1) is 23.0. The molecule has 0 spiro atoms. The number of carbonyl (C=O) groups excluding carboxylic acids is 1. The van der Waals surface area contributed by atoms with Gasteiger partial charge < -0.3 is 29.1 Å². The fraction of sp³-hybridized carbons (Fsp3) is 0.405. The van der Waals surface area contributed by atoms with Crippen molar-refractivity contribution in [2.75, 3.05) is 50.1 Å². The molecule has 4 aromatic rings. The van der Waals surface area contributed by atoms with Crippen LogP contribution in [-0.4, -0.2) is 84.3 Å². The number of ether oxygens (including phenoxy) is 2. The van der Waals surface area contributed by atoms with Gasteiger partial charge in [-0.3, -0.25) is 0 Å². The summed E-state index contributed by atoms with van der Waals surface area (Å²) in [6, 6.07) is 27.5. The second kappa shape index (κ2) is 13.5. The summed E-state index contributed by atoms with van der Waals surface area (Å²) in [5.41, 5.74) is 4.21. The molecule has 1 amide bonds. The first-order valence-electron chi connectivity index (χ1n) is 16.5. The Hall–Kier alpha value is -4.88. The summed E-state index contributed by atoms with van der Waals surface area (Å²) in [6.45, 7) is 3.17. The monoisotopic (exact) mass is 631 g/mol. The molecule has 242 valence electrons. The largest absolute Gasteiger partial charge is 0.460 e. The summed E-state index contributed by atoms with van der Waals surface area (Å²) in [4.78, 5) is 31.8. The number of carbonyl (C=O) groups is 1. The topological polar surface area (TPSA) is 98.1 Å². The lowest BCUT2D eigenvalue weighted by Crippen LogP contribution is -2.56. The molecule has 10 nitrogen and oxygen atoms in total. The van der Waals surface area contributed by atoms with Crippen LogP contribution in [0.3, 0.4) is 0 Å². The lowest BCUT2D eigenvalue weighted by molar-refractivity contribution is 0.0334. The highest BCUT2D eigenvalue weighted by atomic mass is 16.6. The van der Waals surface area contributed by atoms with Gasteiger partial charge in [0.05, 0.1) is 30.8 Å². The second-order valence-electron chi connectivity index (χ2n) is 12.9. The van der Waals surface area contributed by atoms with Crippen LogP contribution in [-0.2, 0) is 24.3 Å². The van der Waals surface area contributed by atoms with Crippen molar-refractivity contribution >= 4 is 28.4 Å². The number of hydrogen-bond acceptors (Lipinski definition) is 9. The number of fused-ring (bicyclic) bond motifs is 2. The Morgan fingerprint density at radius 2 is 1.74 bits per heavy atom. The first-order valence-corrected chi connectivity index (χ1v) is 16.5. The fourth-order valence-corrected chi connectivity index (χ4v) is 6.97. The van der Waals surface area contributed by atoms with E-state index in [1.807, 2.05) is 30.3 Å². The highest BCUT2D eigenvalue weighted by molar-refractivity contribution is 5.94. The van der Waals surface area contributed by atoms with Gasteiger partial charge in [-0.05, 0) is 37.5 Å². The van der Waals surface area contributed by atoms with Crippen LogP contribution in [0.25, 0.3) is 10.8 Å². The minimum absolute atomic E-state index is 0.0774. The van der Waals surface area contributed by atoms with Crippen molar-refractivity contribution in [3.63, 3.8) is 0 Å². The summed E-state index contributed by atoms with van der Waals surface area (Å²) in [5, 5.41) is 12.2. The Kier molecular flexibility index (Phi) is 8.81. The van der Waals surface area contributed by atoms with E-state index in [-0.39, 0.29) is 25.2 Å². The van der Waals surface area contributed by atoms with E-state index in [1.54, 1.807) is 4.90 Å². The number of amides is 1. The van der Waals surface area contributed by atoms with Crippen molar-refractivity contribution in [1.29, 1.82) is 5.26 Å². The van der Waals surface area contributed by atoms with Gasteiger partial charge in [0.2, 0.25) is 0 Å². The van der Waals surface area contributed by atoms with Gasteiger partial charge in [-0.1, -0.05) is 66.7 Å². The molecule has 1 saturated heterocycles. The SMILES string of the molecule is CN(C)C1CC(Oc2nc3c(c(N4CCN(C(=O)OCc5ccccc5)[C@@H](CC#N)C4)n2)CCN(c2cccc4ccccc24)C3)C1. The van der Waals surface area contributed by atoms with Crippen LogP contribution in [0.4, 0.5) is 16.3 Å². The summed E-state index contributed by atoms with van der Waals surface area (Å²) < 4.78 is 12.1. The molecule has 0 unspecified atom stereocenters. The molecule has 1 aliphatic carbocycles. The summed E-state index contributed by atoms with van der Waals surface area (Å²) >= 11 is 0. The van der Waals surface area contributed by atoms with Crippen molar-refractivity contribution in [2.45, 2.75) is 57.0 Å². The standard InChI is InChI=1S/C37H41N7O3/c1-41(2)29-21-30(22-29)47-36-39-33-24-42(34-14-8-12-27-11-6-7-13-31(27)34)18-16-32(33)35(40-36)43-19-20-44(28(23-43)15-17-38)37(45)46-25-26-9-4-3-5-10-26/h3-14,28-30H,15-16,18-25H2,1-2H3/t28-,29?,30?/m0/s1. The maximum absolute atomic E-state index is 13.2. The van der Waals surface area contributed by atoms with Crippen molar-refractivity contribution in [2.24, 2.45) is 0 Å². The van der Waals surface area contributed by atoms with Gasteiger partial charge in [-0.25, -0.2) is 4.79 Å². The minimum Gasteiger partial charge on any atom is -0.460 e. The Balaban J connectivity index is 1.14. The number of piperazine rings is 1. The lowest BCUT2D eigenvalue weighted by atomic mass is 9.88. The molecule has 3 aromatic carbocycles. The Labute approximate surface area is 276 Å². The average Bonchev–Trinajstić information content (AvgIpc) is 3.08. The highest BCUT2D eigenvalue weighted by Crippen LogP contribution is 2.36. The van der Waals surface area contributed by atoms with Crippen LogP contribution in [0.2, 0.25) is 0 Å². The van der Waals surface area contributed by atoms with Gasteiger partial charge in [0.25, 0.3) is 0 Å². The highest BCUT2D eigenvalue weighted by Gasteiger charge is 2.36. The zero-order chi connectivity index (χ0) is 32.3. The molecular formula is C37H41N7O3. The Morgan fingerprint density at radius 3 is 2.55 bits per heavy atom. The quantitative estimate of drug-likeness (QED) is 0.253. The number of nitriles is 1. The number of rotatable bonds is 8. The van der Waals surface area contributed by atoms with E-state index in [0.29, 0.717) is 38.2 Å². The third-order valence-corrected chi connectivity index (χ3v) is 9.75. The van der Waals surface area contributed by atoms with E-state index in [0.717, 1.165) is 48.4 Å². The predicted molar refractivity (Wildman–Crippen MR) is 181 cm³/mol. The average molecular weight is 632 g/mol. The molecule has 1 atom stereocenters. The van der Waals surface area contributed by atoms with Crippen molar-refractivity contribution in [3.05, 3.63) is 89.6 Å². The Bertz CT molecular complexity index is 1760. The normalized spacial score (nSPS) is 20.8. The van der Waals surface area contributed by atoms with Crippen LogP contribution >= 0.6 is 0 Å². The third-order valence-electron chi connectivity index (χ3n) is 9.75. The molecule has 3 heterocycles. The van der Waals surface area contributed by atoms with Gasteiger partial charge >= 0.3 is 12.1 Å². The maximum atomic E-state index is 13.2. The van der Waals surface area contributed by atoms with Crippen LogP contribution in [0.15, 0.2) is 72.8 Å². The second-order valence-corrected chi connectivity index (χ2v) is 12.9. The number of aromatic nitrogens is 2. The van der Waals surface area contributed by atoms with E-state index in [4.69, 9.17) is 19.4 Å². The molecule has 10 heteroatoms. The molecule has 1 saturated carbocycles. The van der Waals surface area contributed by atoms with Gasteiger partial charge in [-0.2, -0.15) is 15.2 Å². The van der Waals surface area contributed by atoms with Crippen molar-refractivity contribution in [3.8, 4) is 12.1 Å². The predicted octanol–water partition coefficient (Wildman–Crippen LogP) is 5.40. The molecule has 47 heavy (non-hydrogen) atoms. The molecular weight excluding hydrogens is 590 g/mol. The molecule has 3 aliphatic rings. The fourth-order valence-electron chi connectivity index (χ4n) is 6.97. The molecule has 2 fully saturated rings. The summed E-state index contributed by atoms with van der Waals surface area (Å²) in [7, 11) is 4.20. The zero-order valence-electron chi connectivity index (χ0n) is 27.1. The van der Waals surface area contributed by atoms with Crippen molar-refractivity contribution in [1.82, 2.24) is 19.8 Å². The van der Waals surface area contributed by atoms with E-state index >= 15 is 0 Å². The van der Waals surface area contributed by atoms with E-state index in [9.17, 15) is 10.1 Å². The molecule has 0 bridgehead atoms. The maximum Gasteiger partial charge on any atom is 0.410 e. The molecule has 7 rings (SSSR count). The third kappa shape index (κ3) is 6.54.